The lowest BCUT2D eigenvalue weighted by atomic mass is 9.86. The third-order valence-electron chi connectivity index (χ3n) is 6.14. The number of H-pyrrole nitrogens is 1. The molecule has 0 unspecified atom stereocenters. The number of piperidine rings is 1. The summed E-state index contributed by atoms with van der Waals surface area (Å²) in [5.74, 6) is -0.596. The number of primary amides is 1. The Hall–Kier alpha value is -3.24. The molecule has 32 heavy (non-hydrogen) atoms. The highest BCUT2D eigenvalue weighted by Crippen LogP contribution is 2.32. The number of aryl methyl sites for hydroxylation is 2. The van der Waals surface area contributed by atoms with Crippen molar-refractivity contribution in [2.45, 2.75) is 32.2 Å². The first-order valence-corrected chi connectivity index (χ1v) is 11.3. The van der Waals surface area contributed by atoms with Crippen molar-refractivity contribution < 1.29 is 9.59 Å². The highest BCUT2D eigenvalue weighted by molar-refractivity contribution is 7.13. The Balaban J connectivity index is 1.51. The van der Waals surface area contributed by atoms with Crippen molar-refractivity contribution in [2.24, 2.45) is 5.73 Å². The van der Waals surface area contributed by atoms with Gasteiger partial charge in [0, 0.05) is 24.2 Å². The van der Waals surface area contributed by atoms with Crippen LogP contribution in [-0.2, 0) is 4.79 Å². The molecule has 0 atom stereocenters. The van der Waals surface area contributed by atoms with Gasteiger partial charge in [0.1, 0.15) is 16.2 Å². The molecule has 2 amide bonds. The van der Waals surface area contributed by atoms with Crippen LogP contribution in [0.5, 0.6) is 0 Å². The number of hydrogen-bond acceptors (Lipinski definition) is 7. The number of aromatic amines is 1. The van der Waals surface area contributed by atoms with E-state index in [4.69, 9.17) is 5.73 Å². The van der Waals surface area contributed by atoms with Crippen LogP contribution in [0.25, 0.3) is 10.6 Å². The van der Waals surface area contributed by atoms with E-state index in [0.29, 0.717) is 37.3 Å². The minimum absolute atomic E-state index is 0.266. The van der Waals surface area contributed by atoms with Crippen LogP contribution in [0.2, 0.25) is 0 Å². The van der Waals surface area contributed by atoms with E-state index < -0.39 is 5.54 Å². The lowest BCUT2D eigenvalue weighted by Crippen LogP contribution is -2.59. The summed E-state index contributed by atoms with van der Waals surface area (Å²) in [6.07, 6.45) is 1.19. The van der Waals surface area contributed by atoms with Gasteiger partial charge < -0.3 is 21.3 Å². The molecule has 1 saturated heterocycles. The van der Waals surface area contributed by atoms with Crippen molar-refractivity contribution in [3.8, 4) is 10.6 Å². The molecule has 3 heterocycles. The zero-order chi connectivity index (χ0) is 22.9. The van der Waals surface area contributed by atoms with E-state index in [-0.39, 0.29) is 11.8 Å². The van der Waals surface area contributed by atoms with Crippen LogP contribution in [0.15, 0.2) is 29.6 Å². The van der Waals surface area contributed by atoms with Gasteiger partial charge in [-0.1, -0.05) is 12.1 Å². The first-order chi connectivity index (χ1) is 15.3. The molecule has 3 aromatic rings. The molecule has 1 aromatic carbocycles. The molecule has 1 aliphatic heterocycles. The molecule has 168 valence electrons. The third-order valence-corrected chi connectivity index (χ3v) is 7.00. The summed E-state index contributed by atoms with van der Waals surface area (Å²) in [5.41, 5.74) is 9.63. The van der Waals surface area contributed by atoms with Crippen molar-refractivity contribution in [1.82, 2.24) is 20.5 Å². The first-order valence-electron chi connectivity index (χ1n) is 10.5. The molecular formula is C22H27N7O2S. The predicted molar refractivity (Wildman–Crippen MR) is 126 cm³/mol. The number of nitrogens with one attached hydrogen (secondary N) is 3. The second-order valence-electron chi connectivity index (χ2n) is 8.00. The van der Waals surface area contributed by atoms with Gasteiger partial charge in [0.05, 0.1) is 22.6 Å². The van der Waals surface area contributed by atoms with E-state index in [1.165, 1.54) is 11.3 Å². The van der Waals surface area contributed by atoms with Crippen LogP contribution >= 0.6 is 11.3 Å². The van der Waals surface area contributed by atoms with Crippen LogP contribution in [0.4, 0.5) is 11.4 Å². The maximum absolute atomic E-state index is 13.0. The smallest absolute Gasteiger partial charge is 0.275 e. The minimum atomic E-state index is -0.685. The number of para-hydroxylation sites is 2. The number of amides is 2. The van der Waals surface area contributed by atoms with Crippen molar-refractivity contribution in [2.75, 3.05) is 30.4 Å². The maximum atomic E-state index is 13.0. The number of anilines is 2. The molecule has 0 aliphatic carbocycles. The van der Waals surface area contributed by atoms with Crippen LogP contribution < -0.4 is 21.3 Å². The number of aromatic nitrogens is 3. The fourth-order valence-electron chi connectivity index (χ4n) is 4.15. The van der Waals surface area contributed by atoms with Crippen LogP contribution in [-0.4, -0.2) is 52.7 Å². The molecule has 9 nitrogen and oxygen atoms in total. The second kappa shape index (κ2) is 8.71. The average Bonchev–Trinajstić information content (AvgIpc) is 3.40. The summed E-state index contributed by atoms with van der Waals surface area (Å²) >= 11 is 1.42. The minimum Gasteiger partial charge on any atom is -0.370 e. The molecular weight excluding hydrogens is 426 g/mol. The van der Waals surface area contributed by atoms with Gasteiger partial charge in [0.15, 0.2) is 0 Å². The van der Waals surface area contributed by atoms with Gasteiger partial charge in [-0.05, 0) is 45.9 Å². The zero-order valence-electron chi connectivity index (χ0n) is 18.4. The molecule has 0 saturated carbocycles. The molecule has 4 rings (SSSR count). The number of nitrogens with two attached hydrogens (primary N) is 1. The summed E-state index contributed by atoms with van der Waals surface area (Å²) in [7, 11) is 1.77. The summed E-state index contributed by atoms with van der Waals surface area (Å²) in [5, 5.41) is 15.8. The van der Waals surface area contributed by atoms with Crippen LogP contribution in [0, 0.1) is 13.8 Å². The Bertz CT molecular complexity index is 1130. The molecule has 10 heteroatoms. The number of hydrogen-bond donors (Lipinski definition) is 4. The van der Waals surface area contributed by atoms with Gasteiger partial charge >= 0.3 is 0 Å². The largest absolute Gasteiger partial charge is 0.370 e. The quantitative estimate of drug-likeness (QED) is 0.454. The summed E-state index contributed by atoms with van der Waals surface area (Å²) < 4.78 is 0. The van der Waals surface area contributed by atoms with Gasteiger partial charge in [-0.25, -0.2) is 4.98 Å². The summed E-state index contributed by atoms with van der Waals surface area (Å²) in [4.78, 5) is 31.6. The van der Waals surface area contributed by atoms with Crippen molar-refractivity contribution in [1.29, 1.82) is 0 Å². The fourth-order valence-corrected chi connectivity index (χ4v) is 5.10. The first kappa shape index (κ1) is 22.0. The summed E-state index contributed by atoms with van der Waals surface area (Å²) in [6, 6.07) is 7.66. The van der Waals surface area contributed by atoms with Gasteiger partial charge in [-0.2, -0.15) is 5.10 Å². The van der Waals surface area contributed by atoms with Gasteiger partial charge in [-0.15, -0.1) is 11.3 Å². The Morgan fingerprint density at radius 1 is 1.22 bits per heavy atom. The summed E-state index contributed by atoms with van der Waals surface area (Å²) in [6.45, 7) is 5.15. The highest BCUT2D eigenvalue weighted by Gasteiger charge is 2.38. The third kappa shape index (κ3) is 3.98. The Kier molecular flexibility index (Phi) is 5.98. The van der Waals surface area contributed by atoms with Crippen LogP contribution in [0.3, 0.4) is 0 Å². The molecule has 0 radical (unpaired) electrons. The van der Waals surface area contributed by atoms with E-state index in [1.54, 1.807) is 12.4 Å². The molecule has 1 aliphatic rings. The van der Waals surface area contributed by atoms with Gasteiger partial charge in [0.25, 0.3) is 5.91 Å². The number of rotatable bonds is 6. The lowest BCUT2D eigenvalue weighted by molar-refractivity contribution is -0.125. The number of benzene rings is 1. The number of carbonyl (C=O) groups is 2. The molecule has 5 N–H and O–H groups in total. The average molecular weight is 454 g/mol. The van der Waals surface area contributed by atoms with E-state index in [2.05, 4.69) is 30.7 Å². The Labute approximate surface area is 190 Å². The van der Waals surface area contributed by atoms with E-state index in [1.807, 2.05) is 38.1 Å². The number of likely N-dealkylation sites (N-methyl/N-ethyl adjacent to an activating group) is 1. The fraction of sp³-hybridized carbons (Fsp3) is 0.364. The maximum Gasteiger partial charge on any atom is 0.275 e. The zero-order valence-corrected chi connectivity index (χ0v) is 19.2. The Morgan fingerprint density at radius 2 is 1.94 bits per heavy atom. The van der Waals surface area contributed by atoms with E-state index >= 15 is 0 Å². The van der Waals surface area contributed by atoms with Crippen LogP contribution in [0.1, 0.15) is 34.7 Å². The Morgan fingerprint density at radius 3 is 2.56 bits per heavy atom. The topological polar surface area (TPSA) is 129 Å². The number of nitrogens with zero attached hydrogens (tertiary/aromatic N) is 3. The monoisotopic (exact) mass is 453 g/mol. The standard InChI is InChI=1S/C22H27N7O2S/c1-13-18(14(2)28-27-13)20-26-16(12-32-20)19(30)25-15-6-4-5-7-17(15)29-10-8-22(24-3,9-11-29)21(23)31/h4-7,12,24H,8-11H2,1-3H3,(H2,23,31)(H,25,30)(H,27,28). The van der Waals surface area contributed by atoms with Crippen molar-refractivity contribution in [3.05, 3.63) is 46.7 Å². The SMILES string of the molecule is CNC1(C(N)=O)CCN(c2ccccc2NC(=O)c2csc(-c3c(C)n[nH]c3C)n2)CC1. The highest BCUT2D eigenvalue weighted by atomic mass is 32.1. The second-order valence-corrected chi connectivity index (χ2v) is 8.86. The van der Waals surface area contributed by atoms with E-state index in [0.717, 1.165) is 27.6 Å². The molecule has 2 aromatic heterocycles. The van der Waals surface area contributed by atoms with Crippen molar-refractivity contribution in [3.63, 3.8) is 0 Å². The molecule has 0 bridgehead atoms. The predicted octanol–water partition coefficient (Wildman–Crippen LogP) is 2.45. The normalized spacial score (nSPS) is 15.5. The molecule has 1 fully saturated rings. The molecule has 0 spiro atoms. The number of carbonyl (C=O) groups excluding carboxylic acids is 2. The van der Waals surface area contributed by atoms with Gasteiger partial charge in [-0.3, -0.25) is 14.7 Å². The van der Waals surface area contributed by atoms with E-state index in [9.17, 15) is 9.59 Å². The number of thiazole rings is 1. The van der Waals surface area contributed by atoms with Gasteiger partial charge in [0.2, 0.25) is 5.91 Å². The van der Waals surface area contributed by atoms with Crippen molar-refractivity contribution >= 4 is 34.5 Å². The lowest BCUT2D eigenvalue weighted by Gasteiger charge is -2.41.